The van der Waals surface area contributed by atoms with E-state index >= 15 is 0 Å². The van der Waals surface area contributed by atoms with Gasteiger partial charge in [-0.05, 0) is 30.5 Å². The summed E-state index contributed by atoms with van der Waals surface area (Å²) in [6, 6.07) is 17.7. The van der Waals surface area contributed by atoms with Gasteiger partial charge in [-0.2, -0.15) is 0 Å². The highest BCUT2D eigenvalue weighted by atomic mass is 19.1. The van der Waals surface area contributed by atoms with Crippen LogP contribution >= 0.6 is 0 Å². The van der Waals surface area contributed by atoms with Crippen LogP contribution in [-0.2, 0) is 22.4 Å². The molecule has 166 valence electrons. The van der Waals surface area contributed by atoms with Gasteiger partial charge in [0.1, 0.15) is 17.3 Å². The summed E-state index contributed by atoms with van der Waals surface area (Å²) < 4.78 is 18.6. The first kappa shape index (κ1) is 21.7. The van der Waals surface area contributed by atoms with Crippen LogP contribution < -0.4 is 5.32 Å². The molecule has 4 rings (SSSR count). The lowest BCUT2D eigenvalue weighted by Gasteiger charge is -2.26. The number of nitrogens with zero attached hydrogens (tertiary/aromatic N) is 2. The molecule has 1 saturated heterocycles. The molecule has 3 aromatic rings. The van der Waals surface area contributed by atoms with Crippen molar-refractivity contribution in [3.8, 4) is 11.3 Å². The third-order valence-corrected chi connectivity index (χ3v) is 6.10. The molecule has 0 spiro atoms. The second kappa shape index (κ2) is 9.34. The van der Waals surface area contributed by atoms with Crippen LogP contribution in [0, 0.1) is 11.2 Å². The number of hydrogen-bond acceptors (Lipinski definition) is 4. The molecule has 32 heavy (non-hydrogen) atoms. The summed E-state index contributed by atoms with van der Waals surface area (Å²) >= 11 is 0. The molecule has 1 N–H and O–H groups in total. The largest absolute Gasteiger partial charge is 0.361 e. The van der Waals surface area contributed by atoms with Gasteiger partial charge < -0.3 is 14.7 Å². The Labute approximate surface area is 186 Å². The number of amides is 2. The SMILES string of the molecule is CNC(=O)[C@]1(Cc2cc(-c3ccccc3)no2)CCN(C(=O)CCc2ccc(F)cc2)C1. The molecule has 2 aromatic carbocycles. The van der Waals surface area contributed by atoms with Gasteiger partial charge in [-0.3, -0.25) is 9.59 Å². The predicted octanol–water partition coefficient (Wildman–Crippen LogP) is 3.62. The number of benzene rings is 2. The standard InChI is InChI=1S/C25H26FN3O3/c1-27-24(31)25(16-21-15-22(28-32-21)19-5-3-2-4-6-19)13-14-29(17-25)23(30)12-9-18-7-10-20(26)11-8-18/h2-8,10-11,15H,9,12-14,16-17H2,1H3,(H,27,31)/t25-/m0/s1. The average molecular weight is 435 g/mol. The first-order valence-electron chi connectivity index (χ1n) is 10.7. The van der Waals surface area contributed by atoms with Crippen molar-refractivity contribution in [2.45, 2.75) is 25.7 Å². The molecule has 2 amide bonds. The molecule has 1 aliphatic rings. The van der Waals surface area contributed by atoms with Crippen LogP contribution in [0.2, 0.25) is 0 Å². The summed E-state index contributed by atoms with van der Waals surface area (Å²) in [6.07, 6.45) is 1.77. The molecule has 1 aromatic heterocycles. The molecule has 0 radical (unpaired) electrons. The molecule has 0 saturated carbocycles. The van der Waals surface area contributed by atoms with Crippen molar-refractivity contribution < 1.29 is 18.5 Å². The summed E-state index contributed by atoms with van der Waals surface area (Å²) in [4.78, 5) is 27.4. The number of nitrogens with one attached hydrogen (secondary N) is 1. The van der Waals surface area contributed by atoms with Gasteiger partial charge >= 0.3 is 0 Å². The maximum absolute atomic E-state index is 13.1. The van der Waals surface area contributed by atoms with Crippen LogP contribution in [0.1, 0.15) is 24.2 Å². The smallest absolute Gasteiger partial charge is 0.228 e. The number of carbonyl (C=O) groups excluding carboxylic acids is 2. The Balaban J connectivity index is 1.43. The number of hydrogen-bond donors (Lipinski definition) is 1. The maximum Gasteiger partial charge on any atom is 0.228 e. The fraction of sp³-hybridized carbons (Fsp3) is 0.320. The van der Waals surface area contributed by atoms with E-state index in [4.69, 9.17) is 4.52 Å². The van der Waals surface area contributed by atoms with Crippen molar-refractivity contribution in [3.05, 3.63) is 77.8 Å². The Morgan fingerprint density at radius 3 is 2.62 bits per heavy atom. The third-order valence-electron chi connectivity index (χ3n) is 6.10. The summed E-state index contributed by atoms with van der Waals surface area (Å²) in [6.45, 7) is 0.839. The highest BCUT2D eigenvalue weighted by molar-refractivity contribution is 5.85. The summed E-state index contributed by atoms with van der Waals surface area (Å²) in [5.41, 5.74) is 1.82. The molecule has 2 heterocycles. The van der Waals surface area contributed by atoms with Crippen LogP contribution in [0.25, 0.3) is 11.3 Å². The minimum Gasteiger partial charge on any atom is -0.361 e. The van der Waals surface area contributed by atoms with Crippen LogP contribution in [0.3, 0.4) is 0 Å². The van der Waals surface area contributed by atoms with Gasteiger partial charge in [0.25, 0.3) is 0 Å². The Morgan fingerprint density at radius 2 is 1.91 bits per heavy atom. The zero-order valence-electron chi connectivity index (χ0n) is 18.0. The topological polar surface area (TPSA) is 75.4 Å². The van der Waals surface area contributed by atoms with Gasteiger partial charge in [-0.25, -0.2) is 4.39 Å². The van der Waals surface area contributed by atoms with Gasteiger partial charge in [-0.1, -0.05) is 47.6 Å². The number of likely N-dealkylation sites (tertiary alicyclic amines) is 1. The molecular formula is C25H26FN3O3. The van der Waals surface area contributed by atoms with Crippen LogP contribution in [0.4, 0.5) is 4.39 Å². The molecule has 0 aliphatic carbocycles. The minimum atomic E-state index is -0.756. The summed E-state index contributed by atoms with van der Waals surface area (Å²) in [5, 5.41) is 6.91. The number of halogens is 1. The number of aryl methyl sites for hydroxylation is 1. The molecule has 7 heteroatoms. The summed E-state index contributed by atoms with van der Waals surface area (Å²) in [5.74, 6) is 0.206. The average Bonchev–Trinajstić information content (AvgIpc) is 3.47. The molecule has 6 nitrogen and oxygen atoms in total. The van der Waals surface area contributed by atoms with Gasteiger partial charge in [-0.15, -0.1) is 0 Å². The van der Waals surface area contributed by atoms with Crippen molar-refractivity contribution in [1.82, 2.24) is 15.4 Å². The Kier molecular flexibility index (Phi) is 6.35. The molecule has 1 aliphatic heterocycles. The lowest BCUT2D eigenvalue weighted by molar-refractivity contribution is -0.133. The quantitative estimate of drug-likeness (QED) is 0.615. The monoisotopic (exact) mass is 435 g/mol. The van der Waals surface area contributed by atoms with Crippen LogP contribution in [-0.4, -0.2) is 42.0 Å². The van der Waals surface area contributed by atoms with E-state index in [-0.39, 0.29) is 17.6 Å². The highest BCUT2D eigenvalue weighted by Gasteiger charge is 2.46. The zero-order valence-corrected chi connectivity index (χ0v) is 18.0. The lowest BCUT2D eigenvalue weighted by Crippen LogP contribution is -2.44. The number of aromatic nitrogens is 1. The second-order valence-corrected chi connectivity index (χ2v) is 8.27. The van der Waals surface area contributed by atoms with E-state index in [1.807, 2.05) is 36.4 Å². The molecule has 1 fully saturated rings. The van der Waals surface area contributed by atoms with E-state index in [1.54, 1.807) is 24.1 Å². The number of carbonyl (C=O) groups is 2. The number of rotatable bonds is 7. The fourth-order valence-corrected chi connectivity index (χ4v) is 4.30. The van der Waals surface area contributed by atoms with E-state index in [2.05, 4.69) is 10.5 Å². The lowest BCUT2D eigenvalue weighted by atomic mass is 9.81. The Morgan fingerprint density at radius 1 is 1.16 bits per heavy atom. The van der Waals surface area contributed by atoms with Crippen LogP contribution in [0.15, 0.2) is 65.2 Å². The molecular weight excluding hydrogens is 409 g/mol. The van der Waals surface area contributed by atoms with Crippen molar-refractivity contribution >= 4 is 11.8 Å². The van der Waals surface area contributed by atoms with Gasteiger partial charge in [0.05, 0.1) is 5.41 Å². The van der Waals surface area contributed by atoms with Crippen molar-refractivity contribution in [3.63, 3.8) is 0 Å². The van der Waals surface area contributed by atoms with E-state index in [1.165, 1.54) is 12.1 Å². The van der Waals surface area contributed by atoms with Crippen molar-refractivity contribution in [2.24, 2.45) is 5.41 Å². The van der Waals surface area contributed by atoms with Crippen molar-refractivity contribution in [2.75, 3.05) is 20.1 Å². The first-order chi connectivity index (χ1) is 15.5. The summed E-state index contributed by atoms with van der Waals surface area (Å²) in [7, 11) is 1.61. The van der Waals surface area contributed by atoms with Crippen molar-refractivity contribution in [1.29, 1.82) is 0 Å². The van der Waals surface area contributed by atoms with E-state index in [9.17, 15) is 14.0 Å². The Bertz CT molecular complexity index is 1080. The molecule has 0 bridgehead atoms. The predicted molar refractivity (Wildman–Crippen MR) is 118 cm³/mol. The minimum absolute atomic E-state index is 0.0114. The Hall–Kier alpha value is -3.48. The first-order valence-corrected chi connectivity index (χ1v) is 10.7. The maximum atomic E-state index is 13.1. The van der Waals surface area contributed by atoms with E-state index in [0.717, 1.165) is 16.8 Å². The zero-order chi connectivity index (χ0) is 22.6. The van der Waals surface area contributed by atoms with Crippen LogP contribution in [0.5, 0.6) is 0 Å². The van der Waals surface area contributed by atoms with E-state index in [0.29, 0.717) is 44.5 Å². The van der Waals surface area contributed by atoms with Gasteiger partial charge in [0.15, 0.2) is 0 Å². The van der Waals surface area contributed by atoms with E-state index < -0.39 is 5.41 Å². The van der Waals surface area contributed by atoms with Gasteiger partial charge in [0.2, 0.25) is 11.8 Å². The molecule has 0 unspecified atom stereocenters. The third kappa shape index (κ3) is 4.72. The second-order valence-electron chi connectivity index (χ2n) is 8.27. The highest BCUT2D eigenvalue weighted by Crippen LogP contribution is 2.36. The van der Waals surface area contributed by atoms with Gasteiger partial charge in [0, 0.05) is 44.6 Å². The normalized spacial score (nSPS) is 18.0. The fourth-order valence-electron chi connectivity index (χ4n) is 4.30. The molecule has 1 atom stereocenters.